The average molecular weight is 457 g/mol. The van der Waals surface area contributed by atoms with Crippen molar-refractivity contribution in [1.82, 2.24) is 10.2 Å². The van der Waals surface area contributed by atoms with Gasteiger partial charge in [-0.2, -0.15) is 0 Å². The molecule has 5 heteroatoms. The molecule has 0 radical (unpaired) electrons. The van der Waals surface area contributed by atoms with E-state index in [0.717, 1.165) is 11.1 Å². The van der Waals surface area contributed by atoms with Gasteiger partial charge in [-0.15, -0.1) is 0 Å². The zero-order chi connectivity index (χ0) is 23.9. The molecule has 0 aliphatic carbocycles. The van der Waals surface area contributed by atoms with E-state index in [1.807, 2.05) is 45.0 Å². The SMILES string of the molecule is CC[C@H](C(=O)NC(C)C)N(Cc1ccccc1Cl)C(=O)CCc1ccc(C(C)(C)C)cc1. The molecule has 0 unspecified atom stereocenters. The van der Waals surface area contributed by atoms with Gasteiger partial charge in [0.1, 0.15) is 6.04 Å². The molecule has 2 aromatic carbocycles. The van der Waals surface area contributed by atoms with Crippen molar-refractivity contribution in [2.75, 3.05) is 0 Å². The summed E-state index contributed by atoms with van der Waals surface area (Å²) >= 11 is 6.37. The van der Waals surface area contributed by atoms with Gasteiger partial charge in [-0.05, 0) is 54.9 Å². The molecule has 2 amide bonds. The molecular formula is C27H37ClN2O2. The third kappa shape index (κ3) is 7.37. The smallest absolute Gasteiger partial charge is 0.243 e. The third-order valence-corrected chi connectivity index (χ3v) is 5.93. The lowest BCUT2D eigenvalue weighted by molar-refractivity contribution is -0.141. The fraction of sp³-hybridized carbons (Fsp3) is 0.481. The third-order valence-electron chi connectivity index (χ3n) is 5.56. The van der Waals surface area contributed by atoms with Gasteiger partial charge in [0.25, 0.3) is 0 Å². The molecule has 0 spiro atoms. The zero-order valence-electron chi connectivity index (χ0n) is 20.2. The van der Waals surface area contributed by atoms with Crippen LogP contribution in [-0.4, -0.2) is 28.8 Å². The fourth-order valence-corrected chi connectivity index (χ4v) is 3.87. The maximum atomic E-state index is 13.4. The van der Waals surface area contributed by atoms with Crippen LogP contribution in [0.3, 0.4) is 0 Å². The molecule has 0 aliphatic rings. The minimum Gasteiger partial charge on any atom is -0.352 e. The van der Waals surface area contributed by atoms with Gasteiger partial charge in [-0.25, -0.2) is 0 Å². The molecule has 0 saturated carbocycles. The van der Waals surface area contributed by atoms with Gasteiger partial charge in [-0.3, -0.25) is 9.59 Å². The van der Waals surface area contributed by atoms with Gasteiger partial charge >= 0.3 is 0 Å². The van der Waals surface area contributed by atoms with E-state index in [2.05, 4.69) is 50.4 Å². The van der Waals surface area contributed by atoms with Crippen molar-refractivity contribution in [3.8, 4) is 0 Å². The predicted octanol–water partition coefficient (Wildman–Crippen LogP) is 5.90. The molecule has 0 bridgehead atoms. The molecule has 0 aromatic heterocycles. The van der Waals surface area contributed by atoms with Crippen LogP contribution in [0.25, 0.3) is 0 Å². The fourth-order valence-electron chi connectivity index (χ4n) is 3.68. The van der Waals surface area contributed by atoms with E-state index >= 15 is 0 Å². The highest BCUT2D eigenvalue weighted by molar-refractivity contribution is 6.31. The Hall–Kier alpha value is -2.33. The number of carbonyl (C=O) groups excluding carboxylic acids is 2. The van der Waals surface area contributed by atoms with Crippen LogP contribution in [0.5, 0.6) is 0 Å². The Morgan fingerprint density at radius 1 is 1.03 bits per heavy atom. The number of nitrogens with one attached hydrogen (secondary N) is 1. The van der Waals surface area contributed by atoms with Crippen molar-refractivity contribution >= 4 is 23.4 Å². The van der Waals surface area contributed by atoms with Gasteiger partial charge in [0.15, 0.2) is 0 Å². The number of amides is 2. The number of hydrogen-bond acceptors (Lipinski definition) is 2. The summed E-state index contributed by atoms with van der Waals surface area (Å²) in [5.74, 6) is -0.173. The van der Waals surface area contributed by atoms with E-state index in [-0.39, 0.29) is 23.3 Å². The van der Waals surface area contributed by atoms with Crippen LogP contribution < -0.4 is 5.32 Å². The number of nitrogens with zero attached hydrogens (tertiary/aromatic N) is 1. The first kappa shape index (κ1) is 25.9. The highest BCUT2D eigenvalue weighted by Crippen LogP contribution is 2.23. The van der Waals surface area contributed by atoms with Crippen LogP contribution in [0.4, 0.5) is 0 Å². The standard InChI is InChI=1S/C27H37ClN2O2/c1-7-24(26(32)29-19(2)3)30(18-21-10-8-9-11-23(21)28)25(31)17-14-20-12-15-22(16-13-20)27(4,5)6/h8-13,15-16,19,24H,7,14,17-18H2,1-6H3,(H,29,32)/t24-/m1/s1. The number of hydrogen-bond donors (Lipinski definition) is 1. The molecule has 0 saturated heterocycles. The van der Waals surface area contributed by atoms with Crippen molar-refractivity contribution in [3.63, 3.8) is 0 Å². The lowest BCUT2D eigenvalue weighted by Crippen LogP contribution is -2.50. The van der Waals surface area contributed by atoms with Crippen molar-refractivity contribution in [1.29, 1.82) is 0 Å². The van der Waals surface area contributed by atoms with Crippen molar-refractivity contribution in [3.05, 3.63) is 70.2 Å². The normalized spacial score (nSPS) is 12.5. The molecule has 32 heavy (non-hydrogen) atoms. The Morgan fingerprint density at radius 2 is 1.66 bits per heavy atom. The summed E-state index contributed by atoms with van der Waals surface area (Å²) in [4.78, 5) is 27.9. The number of benzene rings is 2. The maximum absolute atomic E-state index is 13.4. The molecule has 1 N–H and O–H groups in total. The summed E-state index contributed by atoms with van der Waals surface area (Å²) in [5, 5.41) is 3.56. The first-order valence-electron chi connectivity index (χ1n) is 11.5. The van der Waals surface area contributed by atoms with E-state index < -0.39 is 6.04 Å². The minimum absolute atomic E-state index is 0.00939. The van der Waals surface area contributed by atoms with Crippen molar-refractivity contribution < 1.29 is 9.59 Å². The number of halogens is 1. The first-order chi connectivity index (χ1) is 15.0. The predicted molar refractivity (Wildman–Crippen MR) is 133 cm³/mol. The highest BCUT2D eigenvalue weighted by atomic mass is 35.5. The second-order valence-corrected chi connectivity index (χ2v) is 10.1. The van der Waals surface area contributed by atoms with E-state index in [4.69, 9.17) is 11.6 Å². The largest absolute Gasteiger partial charge is 0.352 e. The molecule has 0 aliphatic heterocycles. The lowest BCUT2D eigenvalue weighted by Gasteiger charge is -2.31. The van der Waals surface area contributed by atoms with Crippen LogP contribution in [-0.2, 0) is 28.0 Å². The molecule has 2 aromatic rings. The number of rotatable bonds is 9. The van der Waals surface area contributed by atoms with Gasteiger partial charge in [0.2, 0.25) is 11.8 Å². The lowest BCUT2D eigenvalue weighted by atomic mass is 9.86. The summed E-state index contributed by atoms with van der Waals surface area (Å²) in [6, 6.07) is 15.4. The summed E-state index contributed by atoms with van der Waals surface area (Å²) < 4.78 is 0. The van der Waals surface area contributed by atoms with Gasteiger partial charge in [-0.1, -0.05) is 81.8 Å². The van der Waals surface area contributed by atoms with E-state index in [9.17, 15) is 9.59 Å². The molecular weight excluding hydrogens is 420 g/mol. The molecule has 2 rings (SSSR count). The van der Waals surface area contributed by atoms with Gasteiger partial charge < -0.3 is 10.2 Å². The van der Waals surface area contributed by atoms with Crippen LogP contribution in [0, 0.1) is 0 Å². The molecule has 0 fully saturated rings. The van der Waals surface area contributed by atoms with E-state index in [0.29, 0.717) is 30.8 Å². The Kier molecular flexibility index (Phi) is 9.33. The van der Waals surface area contributed by atoms with E-state index in [1.54, 1.807) is 4.90 Å². The highest BCUT2D eigenvalue weighted by Gasteiger charge is 2.29. The average Bonchev–Trinajstić information content (AvgIpc) is 2.72. The molecule has 4 nitrogen and oxygen atoms in total. The van der Waals surface area contributed by atoms with Crippen molar-refractivity contribution in [2.45, 2.75) is 84.8 Å². The van der Waals surface area contributed by atoms with Crippen LogP contribution in [0.15, 0.2) is 48.5 Å². The zero-order valence-corrected chi connectivity index (χ0v) is 21.0. The van der Waals surface area contributed by atoms with Crippen LogP contribution in [0.2, 0.25) is 5.02 Å². The number of aryl methyl sites for hydroxylation is 1. The first-order valence-corrected chi connectivity index (χ1v) is 11.8. The molecule has 174 valence electrons. The van der Waals surface area contributed by atoms with Crippen LogP contribution in [0.1, 0.15) is 71.1 Å². The molecule has 0 heterocycles. The van der Waals surface area contributed by atoms with Crippen molar-refractivity contribution in [2.24, 2.45) is 0 Å². The quantitative estimate of drug-likeness (QED) is 0.510. The Balaban J connectivity index is 2.20. The Labute approximate surface area is 198 Å². The molecule has 1 atom stereocenters. The second kappa shape index (κ2) is 11.5. The van der Waals surface area contributed by atoms with Gasteiger partial charge in [0.05, 0.1) is 0 Å². The topological polar surface area (TPSA) is 49.4 Å². The Bertz CT molecular complexity index is 901. The summed E-state index contributed by atoms with van der Waals surface area (Å²) in [7, 11) is 0. The summed E-state index contributed by atoms with van der Waals surface area (Å²) in [6.07, 6.45) is 1.50. The van der Waals surface area contributed by atoms with Crippen LogP contribution >= 0.6 is 11.6 Å². The van der Waals surface area contributed by atoms with Gasteiger partial charge in [0, 0.05) is 24.0 Å². The summed E-state index contributed by atoms with van der Waals surface area (Å²) in [6.45, 7) is 12.6. The monoisotopic (exact) mass is 456 g/mol. The summed E-state index contributed by atoms with van der Waals surface area (Å²) in [5.41, 5.74) is 3.32. The van der Waals surface area contributed by atoms with E-state index in [1.165, 1.54) is 5.56 Å². The number of carbonyl (C=O) groups is 2. The maximum Gasteiger partial charge on any atom is 0.243 e. The Morgan fingerprint density at radius 3 is 2.19 bits per heavy atom. The second-order valence-electron chi connectivity index (χ2n) is 9.65. The minimum atomic E-state index is -0.538.